The summed E-state index contributed by atoms with van der Waals surface area (Å²) >= 11 is 5.18. The van der Waals surface area contributed by atoms with Gasteiger partial charge in [0.1, 0.15) is 0 Å². The molecule has 2 amide bonds. The van der Waals surface area contributed by atoms with Crippen LogP contribution in [0.2, 0.25) is 0 Å². The van der Waals surface area contributed by atoms with Crippen LogP contribution in [-0.2, 0) is 9.59 Å². The second-order valence-corrected chi connectivity index (χ2v) is 6.83. The zero-order valence-corrected chi connectivity index (χ0v) is 15.2. The van der Waals surface area contributed by atoms with Crippen molar-refractivity contribution in [1.82, 2.24) is 10.6 Å². The molecule has 1 fully saturated rings. The van der Waals surface area contributed by atoms with Crippen LogP contribution in [0.5, 0.6) is 0 Å². The molecule has 0 spiro atoms. The molecule has 1 aliphatic heterocycles. The summed E-state index contributed by atoms with van der Waals surface area (Å²) in [6.07, 6.45) is 0.415. The Morgan fingerprint density at radius 2 is 2.00 bits per heavy atom. The number of benzene rings is 1. The van der Waals surface area contributed by atoms with E-state index in [4.69, 9.17) is 0 Å². The molecular formula is C14H19BrClN3O2S. The van der Waals surface area contributed by atoms with E-state index >= 15 is 0 Å². The van der Waals surface area contributed by atoms with Gasteiger partial charge in [0.2, 0.25) is 11.8 Å². The summed E-state index contributed by atoms with van der Waals surface area (Å²) in [5, 5.41) is 8.68. The molecule has 1 atom stereocenters. The van der Waals surface area contributed by atoms with Crippen LogP contribution in [-0.4, -0.2) is 42.5 Å². The third-order valence-corrected chi connectivity index (χ3v) is 4.66. The second-order valence-electron chi connectivity index (χ2n) is 4.76. The van der Waals surface area contributed by atoms with E-state index in [2.05, 4.69) is 31.9 Å². The molecule has 1 aromatic rings. The molecule has 1 heterocycles. The predicted molar refractivity (Wildman–Crippen MR) is 96.8 cm³/mol. The molecule has 0 aliphatic carbocycles. The zero-order valence-electron chi connectivity index (χ0n) is 11.9. The monoisotopic (exact) mass is 407 g/mol. The highest BCUT2D eigenvalue weighted by molar-refractivity contribution is 9.10. The summed E-state index contributed by atoms with van der Waals surface area (Å²) in [5.74, 6) is 1.71. The second kappa shape index (κ2) is 10.1. The summed E-state index contributed by atoms with van der Waals surface area (Å²) in [6.45, 7) is 0.932. The summed E-state index contributed by atoms with van der Waals surface area (Å²) in [4.78, 5) is 23.5. The van der Waals surface area contributed by atoms with Crippen molar-refractivity contribution < 1.29 is 9.59 Å². The van der Waals surface area contributed by atoms with E-state index in [1.807, 2.05) is 23.9 Å². The van der Waals surface area contributed by atoms with Gasteiger partial charge in [0, 0.05) is 40.7 Å². The molecule has 0 bridgehead atoms. The Bertz CT molecular complexity index is 495. The van der Waals surface area contributed by atoms with E-state index in [1.54, 1.807) is 12.1 Å². The quantitative estimate of drug-likeness (QED) is 0.697. The number of hydrogen-bond donors (Lipinski definition) is 3. The fourth-order valence-electron chi connectivity index (χ4n) is 1.96. The Balaban J connectivity index is 0.00000242. The van der Waals surface area contributed by atoms with Gasteiger partial charge >= 0.3 is 0 Å². The van der Waals surface area contributed by atoms with Gasteiger partial charge in [-0.05, 0) is 24.3 Å². The van der Waals surface area contributed by atoms with Gasteiger partial charge in [-0.15, -0.1) is 12.4 Å². The maximum absolute atomic E-state index is 11.8. The number of carbonyl (C=O) groups is 2. The van der Waals surface area contributed by atoms with Crippen molar-refractivity contribution >= 4 is 57.6 Å². The smallest absolute Gasteiger partial charge is 0.243 e. The minimum atomic E-state index is -0.225. The SMILES string of the molecule is Cl.O=C(CC1CSCCN1)NCC(=O)Nc1ccc(Br)cc1. The van der Waals surface area contributed by atoms with Crippen molar-refractivity contribution in [3.63, 3.8) is 0 Å². The van der Waals surface area contributed by atoms with Gasteiger partial charge in [-0.2, -0.15) is 11.8 Å². The van der Waals surface area contributed by atoms with Crippen molar-refractivity contribution in [3.8, 4) is 0 Å². The van der Waals surface area contributed by atoms with Crippen molar-refractivity contribution in [3.05, 3.63) is 28.7 Å². The third kappa shape index (κ3) is 7.00. The van der Waals surface area contributed by atoms with Crippen LogP contribution >= 0.6 is 40.1 Å². The van der Waals surface area contributed by atoms with Crippen LogP contribution in [0, 0.1) is 0 Å². The highest BCUT2D eigenvalue weighted by Crippen LogP contribution is 2.13. The molecule has 1 aromatic carbocycles. The number of hydrogen-bond acceptors (Lipinski definition) is 4. The number of nitrogens with one attached hydrogen (secondary N) is 3. The molecule has 3 N–H and O–H groups in total. The first-order chi connectivity index (χ1) is 10.1. The lowest BCUT2D eigenvalue weighted by molar-refractivity contribution is -0.124. The lowest BCUT2D eigenvalue weighted by Gasteiger charge is -2.22. The average Bonchev–Trinajstić information content (AvgIpc) is 2.49. The van der Waals surface area contributed by atoms with E-state index in [1.165, 1.54) is 0 Å². The van der Waals surface area contributed by atoms with E-state index in [-0.39, 0.29) is 36.8 Å². The van der Waals surface area contributed by atoms with Gasteiger partial charge in [0.25, 0.3) is 0 Å². The summed E-state index contributed by atoms with van der Waals surface area (Å²) in [5.41, 5.74) is 0.711. The van der Waals surface area contributed by atoms with E-state index < -0.39 is 0 Å². The van der Waals surface area contributed by atoms with Gasteiger partial charge < -0.3 is 16.0 Å². The van der Waals surface area contributed by atoms with Crippen LogP contribution in [0.4, 0.5) is 5.69 Å². The lowest BCUT2D eigenvalue weighted by atomic mass is 10.2. The number of rotatable bonds is 5. The van der Waals surface area contributed by atoms with Gasteiger partial charge in [-0.3, -0.25) is 9.59 Å². The lowest BCUT2D eigenvalue weighted by Crippen LogP contribution is -2.42. The first-order valence-corrected chi connectivity index (χ1v) is 8.71. The molecule has 122 valence electrons. The number of anilines is 1. The number of carbonyl (C=O) groups excluding carboxylic acids is 2. The largest absolute Gasteiger partial charge is 0.347 e. The first-order valence-electron chi connectivity index (χ1n) is 6.77. The molecular weight excluding hydrogens is 390 g/mol. The van der Waals surface area contributed by atoms with Crippen LogP contribution < -0.4 is 16.0 Å². The third-order valence-electron chi connectivity index (χ3n) is 3.00. The van der Waals surface area contributed by atoms with Crippen LogP contribution in [0.1, 0.15) is 6.42 Å². The standard InChI is InChI=1S/C14H18BrN3O2S.ClH/c15-10-1-3-11(4-2-10)18-14(20)8-17-13(19)7-12-9-21-6-5-16-12;/h1-4,12,16H,5-9H2,(H,17,19)(H,18,20);1H. The Kier molecular flexibility index (Phi) is 8.85. The van der Waals surface area contributed by atoms with Crippen LogP contribution in [0.15, 0.2) is 28.7 Å². The molecule has 5 nitrogen and oxygen atoms in total. The van der Waals surface area contributed by atoms with Gasteiger partial charge in [-0.25, -0.2) is 0 Å². The first kappa shape index (κ1) is 19.3. The van der Waals surface area contributed by atoms with Gasteiger partial charge in [0.15, 0.2) is 0 Å². The topological polar surface area (TPSA) is 70.2 Å². The molecule has 0 aromatic heterocycles. The van der Waals surface area contributed by atoms with Crippen molar-refractivity contribution in [2.75, 3.05) is 29.9 Å². The number of amides is 2. The summed E-state index contributed by atoms with van der Waals surface area (Å²) < 4.78 is 0.951. The van der Waals surface area contributed by atoms with Gasteiger partial charge in [0.05, 0.1) is 6.54 Å². The molecule has 8 heteroatoms. The fraction of sp³-hybridized carbons (Fsp3) is 0.429. The highest BCUT2D eigenvalue weighted by Gasteiger charge is 2.16. The average molecular weight is 409 g/mol. The van der Waals surface area contributed by atoms with E-state index in [9.17, 15) is 9.59 Å². The van der Waals surface area contributed by atoms with Crippen molar-refractivity contribution in [1.29, 1.82) is 0 Å². The molecule has 0 radical (unpaired) electrons. The fourth-order valence-corrected chi connectivity index (χ4v) is 3.18. The Morgan fingerprint density at radius 3 is 2.64 bits per heavy atom. The van der Waals surface area contributed by atoms with Crippen LogP contribution in [0.3, 0.4) is 0 Å². The maximum Gasteiger partial charge on any atom is 0.243 e. The minimum absolute atomic E-state index is 0. The summed E-state index contributed by atoms with van der Waals surface area (Å²) in [7, 11) is 0. The molecule has 0 saturated carbocycles. The Labute approximate surface area is 148 Å². The Morgan fingerprint density at radius 1 is 1.27 bits per heavy atom. The van der Waals surface area contributed by atoms with Crippen molar-refractivity contribution in [2.45, 2.75) is 12.5 Å². The predicted octanol–water partition coefficient (Wildman–Crippen LogP) is 2.02. The maximum atomic E-state index is 11.8. The number of halogens is 2. The number of thioether (sulfide) groups is 1. The zero-order chi connectivity index (χ0) is 15.1. The molecule has 1 saturated heterocycles. The highest BCUT2D eigenvalue weighted by atomic mass is 79.9. The Hall–Kier alpha value is -0.760. The van der Waals surface area contributed by atoms with Gasteiger partial charge in [-0.1, -0.05) is 15.9 Å². The molecule has 2 rings (SSSR count). The van der Waals surface area contributed by atoms with Crippen LogP contribution in [0.25, 0.3) is 0 Å². The normalized spacial score (nSPS) is 17.2. The molecule has 22 heavy (non-hydrogen) atoms. The van der Waals surface area contributed by atoms with E-state index in [0.29, 0.717) is 12.1 Å². The minimum Gasteiger partial charge on any atom is -0.347 e. The summed E-state index contributed by atoms with van der Waals surface area (Å²) in [6, 6.07) is 7.50. The molecule has 1 aliphatic rings. The molecule has 1 unspecified atom stereocenters. The van der Waals surface area contributed by atoms with E-state index in [0.717, 1.165) is 22.5 Å². The van der Waals surface area contributed by atoms with Crippen molar-refractivity contribution in [2.24, 2.45) is 0 Å².